The second kappa shape index (κ2) is 7.47. The molecule has 2 saturated carbocycles. The Labute approximate surface area is 213 Å². The molecule has 0 radical (unpaired) electrons. The maximum Gasteiger partial charge on any atom is 0.305 e. The Morgan fingerprint density at radius 2 is 1.47 bits per heavy atom. The van der Waals surface area contributed by atoms with E-state index in [1.54, 1.807) is 36.0 Å². The quantitative estimate of drug-likeness (QED) is 0.450. The monoisotopic (exact) mass is 528 g/mol. The van der Waals surface area contributed by atoms with Crippen molar-refractivity contribution in [3.63, 3.8) is 0 Å². The van der Waals surface area contributed by atoms with Crippen LogP contribution in [0.1, 0.15) is 22.8 Å². The van der Waals surface area contributed by atoms with E-state index in [9.17, 15) is 14.4 Å². The summed E-state index contributed by atoms with van der Waals surface area (Å²) in [5.41, 5.74) is 1.69. The maximum absolute atomic E-state index is 13.7. The minimum absolute atomic E-state index is 0.00546. The van der Waals surface area contributed by atoms with E-state index in [-0.39, 0.29) is 57.4 Å². The van der Waals surface area contributed by atoms with Crippen LogP contribution in [0.3, 0.4) is 0 Å². The Balaban J connectivity index is 1.32. The van der Waals surface area contributed by atoms with E-state index in [4.69, 9.17) is 23.2 Å². The molecule has 3 aromatic rings. The number of rotatable bonds is 2. The van der Waals surface area contributed by atoms with Crippen molar-refractivity contribution in [1.29, 1.82) is 0 Å². The van der Waals surface area contributed by atoms with Crippen molar-refractivity contribution in [2.75, 3.05) is 4.90 Å². The Morgan fingerprint density at radius 1 is 0.853 bits per heavy atom. The number of thioether (sulfide) groups is 1. The number of carbonyl (C=O) groups is 2. The predicted molar refractivity (Wildman–Crippen MR) is 134 cm³/mol. The van der Waals surface area contributed by atoms with Crippen molar-refractivity contribution in [3.05, 3.63) is 78.7 Å². The highest BCUT2D eigenvalue weighted by molar-refractivity contribution is 8.00. The van der Waals surface area contributed by atoms with Crippen LogP contribution in [-0.4, -0.2) is 22.0 Å². The van der Waals surface area contributed by atoms with Gasteiger partial charge in [0.1, 0.15) is 0 Å². The second-order valence-electron chi connectivity index (χ2n) is 9.50. The van der Waals surface area contributed by atoms with Gasteiger partial charge in [0.15, 0.2) is 0 Å². The number of carbonyl (C=O) groups excluding carboxylic acids is 2. The van der Waals surface area contributed by atoms with E-state index in [1.165, 1.54) is 16.2 Å². The number of hydrogen-bond donors (Lipinski definition) is 1. The van der Waals surface area contributed by atoms with E-state index in [1.807, 2.05) is 24.3 Å². The lowest BCUT2D eigenvalue weighted by atomic mass is 9.68. The fraction of sp³-hybridized carbons (Fsp3) is 0.320. The number of nitrogens with one attached hydrogen (secondary N) is 1. The molecular formula is C25H18Cl2N2O3S2. The van der Waals surface area contributed by atoms with E-state index in [0.717, 1.165) is 21.9 Å². The molecule has 3 heterocycles. The first-order valence-corrected chi connectivity index (χ1v) is 13.7. The number of nitrogens with zero attached hydrogens (tertiary/aromatic N) is 1. The average molecular weight is 529 g/mol. The van der Waals surface area contributed by atoms with Crippen LogP contribution >= 0.6 is 46.3 Å². The summed E-state index contributed by atoms with van der Waals surface area (Å²) in [6, 6.07) is 14.7. The van der Waals surface area contributed by atoms with Gasteiger partial charge in [-0.25, -0.2) is 0 Å². The predicted octanol–water partition coefficient (Wildman–Crippen LogP) is 5.42. The maximum atomic E-state index is 13.7. The number of aromatic nitrogens is 1. The molecular weight excluding hydrogens is 511 g/mol. The summed E-state index contributed by atoms with van der Waals surface area (Å²) in [6.07, 6.45) is 0.868. The number of thiazole rings is 1. The minimum atomic E-state index is -0.318. The van der Waals surface area contributed by atoms with Crippen molar-refractivity contribution in [2.45, 2.75) is 22.6 Å². The zero-order valence-corrected chi connectivity index (χ0v) is 20.8. The molecule has 9 heteroatoms. The van der Waals surface area contributed by atoms with Gasteiger partial charge in [-0.05, 0) is 66.1 Å². The van der Waals surface area contributed by atoms with Crippen LogP contribution in [0.4, 0.5) is 5.69 Å². The molecule has 2 aliphatic heterocycles. The highest BCUT2D eigenvalue weighted by Gasteiger charge is 2.69. The Bertz CT molecular complexity index is 1400. The lowest BCUT2D eigenvalue weighted by Gasteiger charge is -2.43. The van der Waals surface area contributed by atoms with Crippen LogP contribution in [-0.2, 0) is 9.59 Å². The normalized spacial score (nSPS) is 33.2. The van der Waals surface area contributed by atoms with Crippen molar-refractivity contribution in [1.82, 2.24) is 4.98 Å². The Hall–Kier alpha value is -2.06. The molecule has 172 valence electrons. The lowest BCUT2D eigenvalue weighted by molar-refractivity contribution is -0.123. The first-order chi connectivity index (χ1) is 16.4. The number of amides is 2. The first-order valence-electron chi connectivity index (χ1n) is 11.2. The fourth-order valence-corrected chi connectivity index (χ4v) is 10.0. The number of imide groups is 1. The van der Waals surface area contributed by atoms with Gasteiger partial charge in [0.25, 0.3) is 0 Å². The van der Waals surface area contributed by atoms with Crippen molar-refractivity contribution < 1.29 is 9.59 Å². The molecule has 3 fully saturated rings. The molecule has 7 atom stereocenters. The van der Waals surface area contributed by atoms with E-state index >= 15 is 0 Å². The summed E-state index contributed by atoms with van der Waals surface area (Å²) in [5.74, 6) is -0.448. The van der Waals surface area contributed by atoms with Crippen LogP contribution in [0.25, 0.3) is 0 Å². The van der Waals surface area contributed by atoms with Crippen LogP contribution in [0.5, 0.6) is 0 Å². The van der Waals surface area contributed by atoms with E-state index in [0.29, 0.717) is 15.7 Å². The molecule has 1 N–H and O–H groups in total. The van der Waals surface area contributed by atoms with Gasteiger partial charge < -0.3 is 4.98 Å². The Kier molecular flexibility index (Phi) is 4.67. The summed E-state index contributed by atoms with van der Waals surface area (Å²) in [7, 11) is 0. The van der Waals surface area contributed by atoms with Crippen LogP contribution < -0.4 is 9.77 Å². The number of hydrogen-bond acceptors (Lipinski definition) is 5. The number of anilines is 1. The standard InChI is InChI=1S/C25H18Cl2N2O3S2/c26-11-3-1-10(2-4-11)16-17-14-9-15(20(17)33-22-21(16)34-25(32)28-22)19-18(14)23(30)29(24(19)31)13-7-5-12(27)6-8-13/h1-8,14-20H,9H2,(H,28,32)/t14-,15-,16-,17-,18+,19-,20-/m1/s1. The molecule has 34 heavy (non-hydrogen) atoms. The highest BCUT2D eigenvalue weighted by atomic mass is 35.5. The number of benzene rings is 2. The zero-order chi connectivity index (χ0) is 23.3. The Morgan fingerprint density at radius 3 is 2.15 bits per heavy atom. The molecule has 5 nitrogen and oxygen atoms in total. The molecule has 0 unspecified atom stereocenters. The molecule has 1 saturated heterocycles. The molecule has 2 bridgehead atoms. The molecule has 2 aromatic carbocycles. The van der Waals surface area contributed by atoms with Gasteiger partial charge in [-0.15, -0.1) is 11.8 Å². The van der Waals surface area contributed by atoms with Gasteiger partial charge in [0.05, 0.1) is 22.5 Å². The molecule has 7 rings (SSSR count). The molecule has 1 aromatic heterocycles. The van der Waals surface area contributed by atoms with Crippen molar-refractivity contribution in [3.8, 4) is 0 Å². The van der Waals surface area contributed by atoms with Gasteiger partial charge in [0.2, 0.25) is 11.8 Å². The summed E-state index contributed by atoms with van der Waals surface area (Å²) < 4.78 is 0. The lowest BCUT2D eigenvalue weighted by Crippen LogP contribution is -2.42. The summed E-state index contributed by atoms with van der Waals surface area (Å²) in [5, 5.41) is 2.31. The highest BCUT2D eigenvalue weighted by Crippen LogP contribution is 2.68. The van der Waals surface area contributed by atoms with Crippen LogP contribution in [0.15, 0.2) is 58.4 Å². The molecule has 4 aliphatic rings. The third-order valence-corrected chi connectivity index (χ3v) is 11.1. The largest absolute Gasteiger partial charge is 0.307 e. The zero-order valence-electron chi connectivity index (χ0n) is 17.6. The average Bonchev–Trinajstić information content (AvgIpc) is 3.54. The van der Waals surface area contributed by atoms with Gasteiger partial charge in [-0.3, -0.25) is 19.3 Å². The van der Waals surface area contributed by atoms with Crippen LogP contribution in [0.2, 0.25) is 10.0 Å². The number of halogens is 2. The summed E-state index contributed by atoms with van der Waals surface area (Å²) in [4.78, 5) is 44.9. The van der Waals surface area contributed by atoms with Crippen molar-refractivity contribution in [2.24, 2.45) is 29.6 Å². The third-order valence-electron chi connectivity index (χ3n) is 8.04. The topological polar surface area (TPSA) is 70.2 Å². The SMILES string of the molecule is O=C1[C@@H]2[C@H]3C[C@@H]([C@@H]2C(=O)N1c1ccc(Cl)cc1)[C@@H]1[C@@H](c2ccc(Cl)cc2)c2sc(=O)[nH]c2S[C@H]31. The minimum Gasteiger partial charge on any atom is -0.307 e. The van der Waals surface area contributed by atoms with Crippen molar-refractivity contribution >= 4 is 63.8 Å². The first kappa shape index (κ1) is 21.2. The van der Waals surface area contributed by atoms with E-state index in [2.05, 4.69) is 4.98 Å². The third kappa shape index (κ3) is 2.84. The van der Waals surface area contributed by atoms with Crippen LogP contribution in [0, 0.1) is 29.6 Å². The van der Waals surface area contributed by atoms with Gasteiger partial charge in [-0.1, -0.05) is 46.7 Å². The fourth-order valence-electron chi connectivity index (χ4n) is 6.90. The number of fused-ring (bicyclic) bond motifs is 9. The molecule has 2 aliphatic carbocycles. The van der Waals surface area contributed by atoms with Gasteiger partial charge in [0, 0.05) is 26.1 Å². The number of aromatic amines is 1. The smallest absolute Gasteiger partial charge is 0.305 e. The second-order valence-corrected chi connectivity index (χ2v) is 12.6. The molecule has 2 amide bonds. The summed E-state index contributed by atoms with van der Waals surface area (Å²) in [6.45, 7) is 0. The molecule has 0 spiro atoms. The number of H-pyrrole nitrogens is 1. The van der Waals surface area contributed by atoms with Gasteiger partial charge in [-0.2, -0.15) is 0 Å². The summed E-state index contributed by atoms with van der Waals surface area (Å²) >= 11 is 15.2. The van der Waals surface area contributed by atoms with Gasteiger partial charge >= 0.3 is 4.87 Å². The van der Waals surface area contributed by atoms with E-state index < -0.39 is 0 Å².